The number of rotatable bonds is 2. The van der Waals surface area contributed by atoms with Crippen LogP contribution in [-0.4, -0.2) is 4.98 Å². The Hall–Kier alpha value is -1.81. The lowest BCUT2D eigenvalue weighted by Gasteiger charge is -2.05. The molecule has 1 aromatic carbocycles. The van der Waals surface area contributed by atoms with Crippen molar-refractivity contribution in [2.75, 3.05) is 0 Å². The van der Waals surface area contributed by atoms with Gasteiger partial charge in [0.15, 0.2) is 0 Å². The van der Waals surface area contributed by atoms with E-state index in [-0.39, 0.29) is 5.56 Å². The van der Waals surface area contributed by atoms with E-state index >= 15 is 0 Å². The predicted molar refractivity (Wildman–Crippen MR) is 57.5 cm³/mol. The van der Waals surface area contributed by atoms with Crippen LogP contribution in [0.4, 0.5) is 8.78 Å². The molecular formula is C12H10F2N2. The first-order valence-electron chi connectivity index (χ1n) is 4.81. The third-order valence-electron chi connectivity index (χ3n) is 2.29. The second-order valence-electron chi connectivity index (χ2n) is 3.34. The Labute approximate surface area is 91.7 Å². The molecule has 0 spiro atoms. The Kier molecular flexibility index (Phi) is 2.92. The van der Waals surface area contributed by atoms with Gasteiger partial charge in [-0.15, -0.1) is 0 Å². The van der Waals surface area contributed by atoms with Gasteiger partial charge < -0.3 is 5.73 Å². The summed E-state index contributed by atoms with van der Waals surface area (Å²) in [6, 6.07) is 7.03. The topological polar surface area (TPSA) is 38.9 Å². The Balaban J connectivity index is 2.50. The summed E-state index contributed by atoms with van der Waals surface area (Å²) < 4.78 is 26.9. The van der Waals surface area contributed by atoms with Crippen molar-refractivity contribution in [2.45, 2.75) is 6.54 Å². The fourth-order valence-electron chi connectivity index (χ4n) is 1.47. The molecule has 0 saturated carbocycles. The van der Waals surface area contributed by atoms with Crippen molar-refractivity contribution in [3.05, 3.63) is 53.9 Å². The molecule has 82 valence electrons. The van der Waals surface area contributed by atoms with Gasteiger partial charge in [0.05, 0.1) is 11.3 Å². The molecule has 0 saturated heterocycles. The standard InChI is InChI=1S/C12H10F2N2/c13-10-2-1-3-11(14)12(10)8-4-5-9(6-15)16-7-8/h1-5,7H,6,15H2. The first kappa shape index (κ1) is 10.7. The second kappa shape index (κ2) is 4.37. The van der Waals surface area contributed by atoms with E-state index in [2.05, 4.69) is 4.98 Å². The third-order valence-corrected chi connectivity index (χ3v) is 2.29. The van der Waals surface area contributed by atoms with E-state index in [1.54, 1.807) is 12.1 Å². The Bertz CT molecular complexity index is 475. The van der Waals surface area contributed by atoms with Crippen molar-refractivity contribution in [2.24, 2.45) is 5.73 Å². The zero-order chi connectivity index (χ0) is 11.5. The zero-order valence-electron chi connectivity index (χ0n) is 8.45. The fraction of sp³-hybridized carbons (Fsp3) is 0.0833. The Morgan fingerprint density at radius 3 is 2.25 bits per heavy atom. The predicted octanol–water partition coefficient (Wildman–Crippen LogP) is 2.49. The molecule has 1 aromatic heterocycles. The van der Waals surface area contributed by atoms with Crippen LogP contribution >= 0.6 is 0 Å². The second-order valence-corrected chi connectivity index (χ2v) is 3.34. The molecule has 0 atom stereocenters. The van der Waals surface area contributed by atoms with E-state index in [0.717, 1.165) is 0 Å². The zero-order valence-corrected chi connectivity index (χ0v) is 8.45. The molecule has 4 heteroatoms. The molecule has 2 N–H and O–H groups in total. The van der Waals surface area contributed by atoms with E-state index in [9.17, 15) is 8.78 Å². The molecule has 0 aliphatic carbocycles. The van der Waals surface area contributed by atoms with E-state index < -0.39 is 11.6 Å². The number of nitrogens with zero attached hydrogens (tertiary/aromatic N) is 1. The number of hydrogen-bond donors (Lipinski definition) is 1. The summed E-state index contributed by atoms with van der Waals surface area (Å²) in [6.45, 7) is 0.306. The lowest BCUT2D eigenvalue weighted by Crippen LogP contribution is -1.99. The molecule has 1 heterocycles. The van der Waals surface area contributed by atoms with Gasteiger partial charge in [-0.1, -0.05) is 12.1 Å². The Morgan fingerprint density at radius 1 is 1.06 bits per heavy atom. The molecule has 16 heavy (non-hydrogen) atoms. The van der Waals surface area contributed by atoms with Crippen LogP contribution in [0.25, 0.3) is 11.1 Å². The van der Waals surface area contributed by atoms with Crippen LogP contribution in [0.15, 0.2) is 36.5 Å². The SMILES string of the molecule is NCc1ccc(-c2c(F)cccc2F)cn1. The highest BCUT2D eigenvalue weighted by molar-refractivity contribution is 5.63. The van der Waals surface area contributed by atoms with Gasteiger partial charge in [0.25, 0.3) is 0 Å². The van der Waals surface area contributed by atoms with Crippen LogP contribution in [0.3, 0.4) is 0 Å². The first-order valence-corrected chi connectivity index (χ1v) is 4.81. The highest BCUT2D eigenvalue weighted by atomic mass is 19.1. The minimum Gasteiger partial charge on any atom is -0.325 e. The summed E-state index contributed by atoms with van der Waals surface area (Å²) in [6.07, 6.45) is 1.42. The summed E-state index contributed by atoms with van der Waals surface area (Å²) in [5.74, 6) is -1.19. The van der Waals surface area contributed by atoms with Gasteiger partial charge in [-0.2, -0.15) is 0 Å². The van der Waals surface area contributed by atoms with Crippen molar-refractivity contribution in [1.29, 1.82) is 0 Å². The molecule has 2 rings (SSSR count). The van der Waals surface area contributed by atoms with Crippen LogP contribution in [0.1, 0.15) is 5.69 Å². The van der Waals surface area contributed by atoms with Crippen LogP contribution in [0.5, 0.6) is 0 Å². The van der Waals surface area contributed by atoms with E-state index in [4.69, 9.17) is 5.73 Å². The van der Waals surface area contributed by atoms with Crippen LogP contribution in [-0.2, 0) is 6.54 Å². The maximum Gasteiger partial charge on any atom is 0.134 e. The molecule has 0 aliphatic heterocycles. The number of benzene rings is 1. The normalized spacial score (nSPS) is 10.4. The summed E-state index contributed by atoms with van der Waals surface area (Å²) in [5.41, 5.74) is 6.42. The maximum absolute atomic E-state index is 13.4. The quantitative estimate of drug-likeness (QED) is 0.844. The number of hydrogen-bond acceptors (Lipinski definition) is 2. The number of pyridine rings is 1. The maximum atomic E-state index is 13.4. The molecule has 0 aliphatic rings. The number of nitrogens with two attached hydrogens (primary N) is 1. The summed E-state index contributed by atoms with van der Waals surface area (Å²) in [4.78, 5) is 4.00. The summed E-state index contributed by atoms with van der Waals surface area (Å²) >= 11 is 0. The van der Waals surface area contributed by atoms with Crippen molar-refractivity contribution in [3.63, 3.8) is 0 Å². The van der Waals surface area contributed by atoms with Gasteiger partial charge in [-0.25, -0.2) is 8.78 Å². The van der Waals surface area contributed by atoms with Gasteiger partial charge in [-0.05, 0) is 18.2 Å². The van der Waals surface area contributed by atoms with Crippen LogP contribution in [0, 0.1) is 11.6 Å². The molecule has 2 aromatic rings. The first-order chi connectivity index (χ1) is 7.72. The molecular weight excluding hydrogens is 210 g/mol. The fourth-order valence-corrected chi connectivity index (χ4v) is 1.47. The minimum atomic E-state index is -0.595. The van der Waals surface area contributed by atoms with E-state index in [1.165, 1.54) is 24.4 Å². The van der Waals surface area contributed by atoms with Crippen molar-refractivity contribution < 1.29 is 8.78 Å². The molecule has 0 amide bonds. The Morgan fingerprint density at radius 2 is 1.75 bits per heavy atom. The van der Waals surface area contributed by atoms with Gasteiger partial charge in [0.2, 0.25) is 0 Å². The lowest BCUT2D eigenvalue weighted by molar-refractivity contribution is 0.589. The monoisotopic (exact) mass is 220 g/mol. The average Bonchev–Trinajstić information content (AvgIpc) is 2.30. The van der Waals surface area contributed by atoms with Gasteiger partial charge in [0, 0.05) is 18.3 Å². The van der Waals surface area contributed by atoms with Crippen molar-refractivity contribution in [1.82, 2.24) is 4.98 Å². The highest BCUT2D eigenvalue weighted by Gasteiger charge is 2.10. The molecule has 2 nitrogen and oxygen atoms in total. The number of aromatic nitrogens is 1. The molecule has 0 bridgehead atoms. The van der Waals surface area contributed by atoms with Gasteiger partial charge in [-0.3, -0.25) is 4.98 Å². The largest absolute Gasteiger partial charge is 0.325 e. The van der Waals surface area contributed by atoms with Crippen LogP contribution in [0.2, 0.25) is 0 Å². The summed E-state index contributed by atoms with van der Waals surface area (Å²) in [5, 5.41) is 0. The smallest absolute Gasteiger partial charge is 0.134 e. The lowest BCUT2D eigenvalue weighted by atomic mass is 10.1. The third kappa shape index (κ3) is 1.92. The van der Waals surface area contributed by atoms with Gasteiger partial charge >= 0.3 is 0 Å². The number of halogens is 2. The van der Waals surface area contributed by atoms with Gasteiger partial charge in [0.1, 0.15) is 11.6 Å². The molecule has 0 fully saturated rings. The molecule has 0 unspecified atom stereocenters. The van der Waals surface area contributed by atoms with E-state index in [1.807, 2.05) is 0 Å². The average molecular weight is 220 g/mol. The molecule has 0 radical (unpaired) electrons. The highest BCUT2D eigenvalue weighted by Crippen LogP contribution is 2.25. The van der Waals surface area contributed by atoms with Crippen LogP contribution < -0.4 is 5.73 Å². The minimum absolute atomic E-state index is 0.0569. The summed E-state index contributed by atoms with van der Waals surface area (Å²) in [7, 11) is 0. The van der Waals surface area contributed by atoms with E-state index in [0.29, 0.717) is 17.8 Å². The van der Waals surface area contributed by atoms with Crippen molar-refractivity contribution in [3.8, 4) is 11.1 Å². The van der Waals surface area contributed by atoms with Crippen molar-refractivity contribution >= 4 is 0 Å².